The first-order valence-corrected chi connectivity index (χ1v) is 8.87. The van der Waals surface area contributed by atoms with Crippen LogP contribution in [0.15, 0.2) is 28.8 Å². The van der Waals surface area contributed by atoms with Crippen molar-refractivity contribution in [3.63, 3.8) is 0 Å². The monoisotopic (exact) mass is 415 g/mol. The van der Waals surface area contributed by atoms with Gasteiger partial charge in [-0.05, 0) is 12.1 Å². The van der Waals surface area contributed by atoms with Gasteiger partial charge in [-0.2, -0.15) is 18.2 Å². The molecule has 0 N–H and O–H groups in total. The second-order valence-corrected chi connectivity index (χ2v) is 6.40. The molecule has 158 valence electrons. The average Bonchev–Trinajstić information content (AvgIpc) is 3.12. The second-order valence-electron chi connectivity index (χ2n) is 6.40. The molecule has 1 saturated heterocycles. The van der Waals surface area contributed by atoms with Crippen LogP contribution in [0.5, 0.6) is 5.88 Å². The number of ether oxygens (including phenoxy) is 3. The predicted molar refractivity (Wildman–Crippen MR) is 91.7 cm³/mol. The lowest BCUT2D eigenvalue weighted by molar-refractivity contribution is -0.145. The van der Waals surface area contributed by atoms with E-state index < -0.39 is 12.0 Å². The van der Waals surface area contributed by atoms with Crippen LogP contribution in [0.1, 0.15) is 24.3 Å². The zero-order valence-corrected chi connectivity index (χ0v) is 15.6. The summed E-state index contributed by atoms with van der Waals surface area (Å²) in [5, 5.41) is 0. The molecule has 29 heavy (non-hydrogen) atoms. The summed E-state index contributed by atoms with van der Waals surface area (Å²) in [6, 6.07) is 4.81. The van der Waals surface area contributed by atoms with Crippen LogP contribution in [0.3, 0.4) is 0 Å². The molecule has 1 unspecified atom stereocenters. The standard InChI is InChI=1S/C18H20F3N3O5/c1-12(25)27-10-14-3-2-13(29-14)8-24-6-7-26-15(9-24)11-28-16-4-5-22-17(23-16)18(19,20)21/h2-5,15H,6-11H2,1H3. The zero-order chi connectivity index (χ0) is 20.9. The van der Waals surface area contributed by atoms with E-state index in [1.165, 1.54) is 13.0 Å². The SMILES string of the molecule is CC(=O)OCc1ccc(CN2CCOC(COc3ccnc(C(F)(F)F)n3)C2)o1. The van der Waals surface area contributed by atoms with Crippen LogP contribution < -0.4 is 4.74 Å². The van der Waals surface area contributed by atoms with Gasteiger partial charge in [-0.15, -0.1) is 0 Å². The molecule has 1 atom stereocenters. The van der Waals surface area contributed by atoms with Gasteiger partial charge in [-0.1, -0.05) is 0 Å². The first-order valence-electron chi connectivity index (χ1n) is 8.87. The Hall–Kier alpha value is -2.66. The van der Waals surface area contributed by atoms with Crippen LogP contribution in [0.4, 0.5) is 13.2 Å². The van der Waals surface area contributed by atoms with E-state index in [2.05, 4.69) is 14.9 Å². The van der Waals surface area contributed by atoms with E-state index in [9.17, 15) is 18.0 Å². The number of furan rings is 1. The number of hydrogen-bond acceptors (Lipinski definition) is 8. The lowest BCUT2D eigenvalue weighted by atomic mass is 10.2. The van der Waals surface area contributed by atoms with Crippen molar-refractivity contribution in [1.82, 2.24) is 14.9 Å². The largest absolute Gasteiger partial charge is 0.475 e. The lowest BCUT2D eigenvalue weighted by Crippen LogP contribution is -2.44. The highest BCUT2D eigenvalue weighted by Gasteiger charge is 2.35. The van der Waals surface area contributed by atoms with Gasteiger partial charge in [0.15, 0.2) is 0 Å². The number of carbonyl (C=O) groups is 1. The summed E-state index contributed by atoms with van der Waals surface area (Å²) in [6.45, 7) is 3.61. The molecule has 0 bridgehead atoms. The first-order chi connectivity index (χ1) is 13.8. The summed E-state index contributed by atoms with van der Waals surface area (Å²) in [5.74, 6) is -0.533. The number of halogens is 3. The van der Waals surface area contributed by atoms with Crippen LogP contribution in [0.25, 0.3) is 0 Å². The summed E-state index contributed by atoms with van der Waals surface area (Å²) < 4.78 is 59.5. The normalized spacial score (nSPS) is 17.9. The molecule has 2 aromatic heterocycles. The topological polar surface area (TPSA) is 86.9 Å². The number of nitrogens with zero attached hydrogens (tertiary/aromatic N) is 3. The van der Waals surface area contributed by atoms with Gasteiger partial charge in [-0.25, -0.2) is 4.98 Å². The third-order valence-electron chi connectivity index (χ3n) is 4.04. The van der Waals surface area contributed by atoms with Crippen LogP contribution in [-0.4, -0.2) is 53.2 Å². The van der Waals surface area contributed by atoms with Crippen LogP contribution in [0, 0.1) is 0 Å². The zero-order valence-electron chi connectivity index (χ0n) is 15.6. The summed E-state index contributed by atoms with van der Waals surface area (Å²) >= 11 is 0. The Labute approximate surface area is 164 Å². The van der Waals surface area contributed by atoms with E-state index in [-0.39, 0.29) is 31.2 Å². The smallest absolute Gasteiger partial charge is 0.451 e. The molecule has 0 spiro atoms. The maximum Gasteiger partial charge on any atom is 0.451 e. The molecular weight excluding hydrogens is 395 g/mol. The van der Waals surface area contributed by atoms with Crippen molar-refractivity contribution in [2.75, 3.05) is 26.3 Å². The van der Waals surface area contributed by atoms with E-state index in [0.29, 0.717) is 37.8 Å². The molecule has 11 heteroatoms. The van der Waals surface area contributed by atoms with Crippen LogP contribution in [0.2, 0.25) is 0 Å². The molecule has 1 aliphatic rings. The summed E-state index contributed by atoms with van der Waals surface area (Å²) in [4.78, 5) is 19.5. The second kappa shape index (κ2) is 9.23. The van der Waals surface area contributed by atoms with E-state index >= 15 is 0 Å². The molecular formula is C18H20F3N3O5. The molecule has 0 aromatic carbocycles. The number of carbonyl (C=O) groups excluding carboxylic acids is 1. The van der Waals surface area contributed by atoms with Crippen LogP contribution in [-0.2, 0) is 33.6 Å². The van der Waals surface area contributed by atoms with Crippen LogP contribution >= 0.6 is 0 Å². The Kier molecular flexibility index (Phi) is 6.70. The van der Waals surface area contributed by atoms with Crippen molar-refractivity contribution in [1.29, 1.82) is 0 Å². The number of esters is 1. The Morgan fingerprint density at radius 3 is 2.86 bits per heavy atom. The van der Waals surface area contributed by atoms with E-state index in [1.54, 1.807) is 12.1 Å². The van der Waals surface area contributed by atoms with Crippen molar-refractivity contribution >= 4 is 5.97 Å². The highest BCUT2D eigenvalue weighted by atomic mass is 19.4. The number of rotatable bonds is 7. The van der Waals surface area contributed by atoms with Gasteiger partial charge in [0.25, 0.3) is 0 Å². The van der Waals surface area contributed by atoms with E-state index in [1.807, 2.05) is 0 Å². The van der Waals surface area contributed by atoms with Gasteiger partial charge in [0.1, 0.15) is 30.8 Å². The van der Waals surface area contributed by atoms with Crippen molar-refractivity contribution in [3.05, 3.63) is 41.7 Å². The molecule has 0 saturated carbocycles. The highest BCUT2D eigenvalue weighted by molar-refractivity contribution is 5.65. The highest BCUT2D eigenvalue weighted by Crippen LogP contribution is 2.26. The summed E-state index contributed by atoms with van der Waals surface area (Å²) in [5.41, 5.74) is 0. The molecule has 8 nitrogen and oxygen atoms in total. The van der Waals surface area contributed by atoms with Gasteiger partial charge < -0.3 is 18.6 Å². The minimum Gasteiger partial charge on any atom is -0.475 e. The molecule has 3 rings (SSSR count). The fraction of sp³-hybridized carbons (Fsp3) is 0.500. The maximum absolute atomic E-state index is 12.7. The fourth-order valence-electron chi connectivity index (χ4n) is 2.74. The van der Waals surface area contributed by atoms with Gasteiger partial charge in [0, 0.05) is 32.3 Å². The van der Waals surface area contributed by atoms with Gasteiger partial charge in [0.2, 0.25) is 11.7 Å². The third-order valence-corrected chi connectivity index (χ3v) is 4.04. The molecule has 0 radical (unpaired) electrons. The summed E-state index contributed by atoms with van der Waals surface area (Å²) in [7, 11) is 0. The van der Waals surface area contributed by atoms with Crippen molar-refractivity contribution in [2.45, 2.75) is 32.4 Å². The number of hydrogen-bond donors (Lipinski definition) is 0. The van der Waals surface area contributed by atoms with Crippen molar-refractivity contribution < 1.29 is 36.6 Å². The quantitative estimate of drug-likeness (QED) is 0.638. The molecule has 3 heterocycles. The van der Waals surface area contributed by atoms with Gasteiger partial charge in [0.05, 0.1) is 13.2 Å². The summed E-state index contributed by atoms with van der Waals surface area (Å²) in [6.07, 6.45) is -3.96. The predicted octanol–water partition coefficient (Wildman–Crippen LogP) is 2.43. The number of aromatic nitrogens is 2. The Morgan fingerprint density at radius 1 is 1.31 bits per heavy atom. The van der Waals surface area contributed by atoms with E-state index in [0.717, 1.165) is 6.20 Å². The molecule has 0 aliphatic carbocycles. The van der Waals surface area contributed by atoms with Crippen molar-refractivity contribution in [3.8, 4) is 5.88 Å². The van der Waals surface area contributed by atoms with E-state index in [4.69, 9.17) is 18.6 Å². The molecule has 2 aromatic rings. The molecule has 0 amide bonds. The lowest BCUT2D eigenvalue weighted by Gasteiger charge is -2.32. The average molecular weight is 415 g/mol. The number of alkyl halides is 3. The first kappa shape index (κ1) is 21.1. The Bertz CT molecular complexity index is 827. The van der Waals surface area contributed by atoms with Gasteiger partial charge in [-0.3, -0.25) is 9.69 Å². The van der Waals surface area contributed by atoms with Crippen molar-refractivity contribution in [2.24, 2.45) is 0 Å². The maximum atomic E-state index is 12.7. The van der Waals surface area contributed by atoms with Gasteiger partial charge >= 0.3 is 12.1 Å². The fourth-order valence-corrected chi connectivity index (χ4v) is 2.74. The molecule has 1 fully saturated rings. The Morgan fingerprint density at radius 2 is 2.10 bits per heavy atom. The molecule has 1 aliphatic heterocycles. The minimum atomic E-state index is -4.63. The number of morpholine rings is 1. The third kappa shape index (κ3) is 6.43. The minimum absolute atomic E-state index is 0.0562. The Balaban J connectivity index is 1.49.